The summed E-state index contributed by atoms with van der Waals surface area (Å²) in [5, 5.41) is 8.62. The van der Waals surface area contributed by atoms with Crippen molar-refractivity contribution in [3.63, 3.8) is 0 Å². The molecule has 2 rings (SSSR count). The van der Waals surface area contributed by atoms with E-state index in [1.807, 2.05) is 11.3 Å². The SMILES string of the molecule is CCc1ccc(C(C)N2CCC(OCCC(=O)O)CC2)s1. The van der Waals surface area contributed by atoms with Gasteiger partial charge in [0, 0.05) is 28.9 Å². The molecule has 118 valence electrons. The summed E-state index contributed by atoms with van der Waals surface area (Å²) in [5.74, 6) is -0.787. The molecule has 0 saturated carbocycles. The van der Waals surface area contributed by atoms with Crippen LogP contribution >= 0.6 is 11.3 Å². The monoisotopic (exact) mass is 311 g/mol. The van der Waals surface area contributed by atoms with Crippen molar-refractivity contribution in [2.45, 2.75) is 51.7 Å². The number of aliphatic carboxylic acids is 1. The van der Waals surface area contributed by atoms with Crippen LogP contribution < -0.4 is 0 Å². The summed E-state index contributed by atoms with van der Waals surface area (Å²) in [4.78, 5) is 15.9. The second-order valence-corrected chi connectivity index (χ2v) is 6.78. The van der Waals surface area contributed by atoms with Crippen molar-refractivity contribution in [2.24, 2.45) is 0 Å². The zero-order valence-corrected chi connectivity index (χ0v) is 13.7. The highest BCUT2D eigenvalue weighted by molar-refractivity contribution is 7.12. The Balaban J connectivity index is 1.76. The van der Waals surface area contributed by atoms with E-state index in [0.717, 1.165) is 32.4 Å². The average Bonchev–Trinajstić information content (AvgIpc) is 2.96. The fourth-order valence-electron chi connectivity index (χ4n) is 2.73. The molecule has 0 amide bonds. The van der Waals surface area contributed by atoms with Gasteiger partial charge in [-0.2, -0.15) is 0 Å². The van der Waals surface area contributed by atoms with Crippen molar-refractivity contribution >= 4 is 17.3 Å². The molecule has 5 heteroatoms. The van der Waals surface area contributed by atoms with Crippen LogP contribution in [-0.4, -0.2) is 41.8 Å². The van der Waals surface area contributed by atoms with Gasteiger partial charge >= 0.3 is 5.97 Å². The molecular weight excluding hydrogens is 286 g/mol. The van der Waals surface area contributed by atoms with Crippen LogP contribution in [0.1, 0.15) is 48.9 Å². The molecule has 2 heterocycles. The molecule has 1 N–H and O–H groups in total. The van der Waals surface area contributed by atoms with Crippen LogP contribution in [0.5, 0.6) is 0 Å². The normalized spacial score (nSPS) is 18.8. The number of hydrogen-bond acceptors (Lipinski definition) is 4. The lowest BCUT2D eigenvalue weighted by atomic mass is 10.1. The predicted octanol–water partition coefficient (Wildman–Crippen LogP) is 3.33. The lowest BCUT2D eigenvalue weighted by molar-refractivity contribution is -0.138. The minimum absolute atomic E-state index is 0.103. The highest BCUT2D eigenvalue weighted by Gasteiger charge is 2.24. The number of carboxylic acid groups (broad SMARTS) is 1. The average molecular weight is 311 g/mol. The summed E-state index contributed by atoms with van der Waals surface area (Å²) in [6.07, 6.45) is 3.43. The number of carboxylic acids is 1. The Morgan fingerprint density at radius 1 is 1.48 bits per heavy atom. The van der Waals surface area contributed by atoms with E-state index < -0.39 is 5.97 Å². The maximum absolute atomic E-state index is 10.5. The molecule has 1 unspecified atom stereocenters. The molecule has 0 aromatic carbocycles. The van der Waals surface area contributed by atoms with Crippen molar-refractivity contribution in [1.29, 1.82) is 0 Å². The van der Waals surface area contributed by atoms with Gasteiger partial charge < -0.3 is 9.84 Å². The van der Waals surface area contributed by atoms with Crippen LogP contribution in [0.25, 0.3) is 0 Å². The summed E-state index contributed by atoms with van der Waals surface area (Å²) in [7, 11) is 0. The fourth-order valence-corrected chi connectivity index (χ4v) is 3.77. The topological polar surface area (TPSA) is 49.8 Å². The first-order valence-corrected chi connectivity index (χ1v) is 8.57. The molecule has 1 aliphatic rings. The summed E-state index contributed by atoms with van der Waals surface area (Å²) in [6.45, 7) is 6.86. The molecule has 1 aromatic heterocycles. The third kappa shape index (κ3) is 4.80. The molecule has 0 aliphatic carbocycles. The first-order chi connectivity index (χ1) is 10.1. The zero-order valence-electron chi connectivity index (χ0n) is 12.9. The van der Waals surface area contributed by atoms with Crippen LogP contribution in [0.2, 0.25) is 0 Å². The van der Waals surface area contributed by atoms with Gasteiger partial charge in [-0.05, 0) is 38.3 Å². The van der Waals surface area contributed by atoms with E-state index in [1.165, 1.54) is 9.75 Å². The van der Waals surface area contributed by atoms with Gasteiger partial charge in [0.2, 0.25) is 0 Å². The number of aryl methyl sites for hydroxylation is 1. The minimum Gasteiger partial charge on any atom is -0.481 e. The molecule has 0 bridgehead atoms. The van der Waals surface area contributed by atoms with E-state index in [2.05, 4.69) is 30.9 Å². The predicted molar refractivity (Wildman–Crippen MR) is 84.9 cm³/mol. The van der Waals surface area contributed by atoms with Crippen LogP contribution in [0.15, 0.2) is 12.1 Å². The van der Waals surface area contributed by atoms with Crippen LogP contribution in [0.3, 0.4) is 0 Å². The Kier molecular flexibility index (Phi) is 6.21. The molecule has 1 fully saturated rings. The van der Waals surface area contributed by atoms with Gasteiger partial charge in [-0.15, -0.1) is 11.3 Å². The van der Waals surface area contributed by atoms with Gasteiger partial charge in [0.1, 0.15) is 0 Å². The highest BCUT2D eigenvalue weighted by Crippen LogP contribution is 2.30. The van der Waals surface area contributed by atoms with Gasteiger partial charge in [-0.25, -0.2) is 0 Å². The van der Waals surface area contributed by atoms with Crippen molar-refractivity contribution in [3.05, 3.63) is 21.9 Å². The van der Waals surface area contributed by atoms with Crippen molar-refractivity contribution in [3.8, 4) is 0 Å². The van der Waals surface area contributed by atoms with Crippen molar-refractivity contribution in [2.75, 3.05) is 19.7 Å². The second kappa shape index (κ2) is 7.92. The summed E-state index contributed by atoms with van der Waals surface area (Å²) in [5.41, 5.74) is 0. The van der Waals surface area contributed by atoms with Gasteiger partial charge in [0.05, 0.1) is 19.1 Å². The Morgan fingerprint density at radius 3 is 2.76 bits per heavy atom. The lowest BCUT2D eigenvalue weighted by Crippen LogP contribution is -2.38. The Morgan fingerprint density at radius 2 is 2.19 bits per heavy atom. The number of rotatable bonds is 7. The molecule has 21 heavy (non-hydrogen) atoms. The van der Waals surface area contributed by atoms with Gasteiger partial charge in [0.25, 0.3) is 0 Å². The van der Waals surface area contributed by atoms with Gasteiger partial charge in [-0.1, -0.05) is 6.92 Å². The van der Waals surface area contributed by atoms with Crippen LogP contribution in [-0.2, 0) is 16.0 Å². The number of piperidine rings is 1. The smallest absolute Gasteiger partial charge is 0.305 e. The van der Waals surface area contributed by atoms with E-state index in [1.54, 1.807) is 0 Å². The van der Waals surface area contributed by atoms with Gasteiger partial charge in [-0.3, -0.25) is 9.69 Å². The highest BCUT2D eigenvalue weighted by atomic mass is 32.1. The third-order valence-corrected chi connectivity index (χ3v) is 5.54. The maximum atomic E-state index is 10.5. The van der Waals surface area contributed by atoms with E-state index in [-0.39, 0.29) is 12.5 Å². The van der Waals surface area contributed by atoms with Crippen LogP contribution in [0.4, 0.5) is 0 Å². The maximum Gasteiger partial charge on any atom is 0.305 e. The summed E-state index contributed by atoms with van der Waals surface area (Å²) in [6, 6.07) is 4.96. The number of hydrogen-bond donors (Lipinski definition) is 1. The number of carbonyl (C=O) groups is 1. The standard InChI is InChI=1S/C16H25NO3S/c1-3-14-4-5-15(21-14)12(2)17-9-6-13(7-10-17)20-11-8-16(18)19/h4-5,12-13H,3,6-11H2,1-2H3,(H,18,19). The zero-order chi connectivity index (χ0) is 15.2. The van der Waals surface area contributed by atoms with Crippen LogP contribution in [0, 0.1) is 0 Å². The Hall–Kier alpha value is -0.910. The number of thiophene rings is 1. The molecule has 4 nitrogen and oxygen atoms in total. The number of nitrogens with zero attached hydrogens (tertiary/aromatic N) is 1. The minimum atomic E-state index is -0.787. The Labute approximate surface area is 130 Å². The molecule has 1 saturated heterocycles. The Bertz CT molecular complexity index is 452. The summed E-state index contributed by atoms with van der Waals surface area (Å²) >= 11 is 1.91. The summed E-state index contributed by atoms with van der Waals surface area (Å²) < 4.78 is 5.64. The second-order valence-electron chi connectivity index (χ2n) is 5.58. The number of likely N-dealkylation sites (tertiary alicyclic amines) is 1. The van der Waals surface area contributed by atoms with E-state index >= 15 is 0 Å². The first kappa shape index (κ1) is 16.5. The van der Waals surface area contributed by atoms with Crippen molar-refractivity contribution in [1.82, 2.24) is 4.90 Å². The third-order valence-electron chi connectivity index (χ3n) is 4.14. The van der Waals surface area contributed by atoms with Crippen molar-refractivity contribution < 1.29 is 14.6 Å². The molecule has 0 radical (unpaired) electrons. The molecule has 0 spiro atoms. The molecule has 1 aromatic rings. The van der Waals surface area contributed by atoms with E-state index in [0.29, 0.717) is 12.6 Å². The molecule has 1 atom stereocenters. The fraction of sp³-hybridized carbons (Fsp3) is 0.688. The van der Waals surface area contributed by atoms with E-state index in [9.17, 15) is 4.79 Å². The quantitative estimate of drug-likeness (QED) is 0.839. The molecular formula is C16H25NO3S. The lowest BCUT2D eigenvalue weighted by Gasteiger charge is -2.35. The molecule has 1 aliphatic heterocycles. The first-order valence-electron chi connectivity index (χ1n) is 7.76. The number of ether oxygens (including phenoxy) is 1. The largest absolute Gasteiger partial charge is 0.481 e. The van der Waals surface area contributed by atoms with Gasteiger partial charge in [0.15, 0.2) is 0 Å². The van der Waals surface area contributed by atoms with E-state index in [4.69, 9.17) is 9.84 Å².